The summed E-state index contributed by atoms with van der Waals surface area (Å²) < 4.78 is 6.75. The zero-order valence-electron chi connectivity index (χ0n) is 9.19. The minimum Gasteiger partial charge on any atom is -0.441 e. The smallest absolute Gasteiger partial charge is 0.226 e. The molecule has 1 N–H and O–H groups in total. The first-order valence-corrected chi connectivity index (χ1v) is 6.44. The third-order valence-electron chi connectivity index (χ3n) is 3.00. The molecule has 3 rings (SSSR count). The van der Waals surface area contributed by atoms with Gasteiger partial charge in [0.1, 0.15) is 5.76 Å². The summed E-state index contributed by atoms with van der Waals surface area (Å²) in [5.41, 5.74) is 1.96. The number of aryl methyl sites for hydroxylation is 1. The van der Waals surface area contributed by atoms with Crippen LogP contribution in [-0.4, -0.2) is 16.2 Å². The molecule has 0 bridgehead atoms. The largest absolute Gasteiger partial charge is 0.441 e. The average Bonchev–Trinajstić information content (AvgIpc) is 2.72. The molecular formula is C13H12BrNO2. The Hall–Kier alpha value is -1.13. The summed E-state index contributed by atoms with van der Waals surface area (Å²) in [6, 6.07) is 7.87. The molecule has 88 valence electrons. The first kappa shape index (κ1) is 11.0. The molecule has 1 aliphatic rings. The number of hydrogen-bond donors (Lipinski definition) is 1. The van der Waals surface area contributed by atoms with Gasteiger partial charge in [0.2, 0.25) is 5.89 Å². The fraction of sp³-hybridized carbons (Fsp3) is 0.308. The van der Waals surface area contributed by atoms with Crippen molar-refractivity contribution >= 4 is 15.9 Å². The van der Waals surface area contributed by atoms with Crippen LogP contribution in [0, 0.1) is 0 Å². The maximum Gasteiger partial charge on any atom is 0.226 e. The molecule has 0 fully saturated rings. The van der Waals surface area contributed by atoms with Crippen molar-refractivity contribution in [2.24, 2.45) is 0 Å². The Morgan fingerprint density at radius 1 is 1.29 bits per heavy atom. The van der Waals surface area contributed by atoms with Crippen molar-refractivity contribution in [3.8, 4) is 11.5 Å². The summed E-state index contributed by atoms with van der Waals surface area (Å²) in [6.45, 7) is 0. The van der Waals surface area contributed by atoms with Gasteiger partial charge in [0.15, 0.2) is 0 Å². The number of aromatic nitrogens is 1. The van der Waals surface area contributed by atoms with Crippen LogP contribution >= 0.6 is 15.9 Å². The number of aliphatic hydroxyl groups is 1. The molecule has 0 aliphatic heterocycles. The fourth-order valence-electron chi connectivity index (χ4n) is 2.07. The molecule has 0 amide bonds. The second-order valence-electron chi connectivity index (χ2n) is 4.29. The van der Waals surface area contributed by atoms with Gasteiger partial charge in [-0.05, 0) is 37.1 Å². The molecule has 4 heteroatoms. The molecule has 1 heterocycles. The Balaban J connectivity index is 1.97. The maximum absolute atomic E-state index is 9.58. The van der Waals surface area contributed by atoms with E-state index in [9.17, 15) is 5.11 Å². The summed E-state index contributed by atoms with van der Waals surface area (Å²) in [5.74, 6) is 1.48. The summed E-state index contributed by atoms with van der Waals surface area (Å²) >= 11 is 3.40. The van der Waals surface area contributed by atoms with Crippen LogP contribution in [0.2, 0.25) is 0 Å². The molecule has 1 aromatic carbocycles. The van der Waals surface area contributed by atoms with Crippen LogP contribution < -0.4 is 0 Å². The third-order valence-corrected chi connectivity index (χ3v) is 3.53. The Morgan fingerprint density at radius 3 is 2.82 bits per heavy atom. The first-order chi connectivity index (χ1) is 8.22. The lowest BCUT2D eigenvalue weighted by atomic mass is 9.99. The van der Waals surface area contributed by atoms with E-state index in [0.717, 1.165) is 34.3 Å². The zero-order valence-corrected chi connectivity index (χ0v) is 10.8. The van der Waals surface area contributed by atoms with E-state index in [4.69, 9.17) is 4.42 Å². The van der Waals surface area contributed by atoms with Gasteiger partial charge < -0.3 is 9.52 Å². The molecule has 3 nitrogen and oxygen atoms in total. The third kappa shape index (κ3) is 2.15. The molecule has 0 spiro atoms. The Labute approximate surface area is 108 Å². The van der Waals surface area contributed by atoms with E-state index < -0.39 is 0 Å². The van der Waals surface area contributed by atoms with Crippen molar-refractivity contribution in [2.75, 3.05) is 0 Å². The number of fused-ring (bicyclic) bond motifs is 1. The van der Waals surface area contributed by atoms with Crippen LogP contribution in [-0.2, 0) is 12.8 Å². The molecule has 17 heavy (non-hydrogen) atoms. The van der Waals surface area contributed by atoms with Gasteiger partial charge in [-0.25, -0.2) is 4.98 Å². The van der Waals surface area contributed by atoms with E-state index in [1.165, 1.54) is 0 Å². The van der Waals surface area contributed by atoms with E-state index in [-0.39, 0.29) is 6.10 Å². The number of rotatable bonds is 1. The van der Waals surface area contributed by atoms with Crippen molar-refractivity contribution in [3.63, 3.8) is 0 Å². The zero-order chi connectivity index (χ0) is 11.8. The van der Waals surface area contributed by atoms with Crippen molar-refractivity contribution in [2.45, 2.75) is 25.4 Å². The Bertz CT molecular complexity index is 533. The number of oxazole rings is 1. The topological polar surface area (TPSA) is 46.3 Å². The molecule has 0 saturated carbocycles. The van der Waals surface area contributed by atoms with Crippen molar-refractivity contribution in [1.29, 1.82) is 0 Å². The van der Waals surface area contributed by atoms with E-state index in [1.807, 2.05) is 24.3 Å². The predicted molar refractivity (Wildman–Crippen MR) is 67.7 cm³/mol. The van der Waals surface area contributed by atoms with Gasteiger partial charge in [0.25, 0.3) is 0 Å². The molecule has 1 unspecified atom stereocenters. The van der Waals surface area contributed by atoms with E-state index in [2.05, 4.69) is 20.9 Å². The SMILES string of the molecule is OC1CCc2nc(-c3ccc(Br)cc3)oc2C1. The normalized spacial score (nSPS) is 19.1. The second-order valence-corrected chi connectivity index (χ2v) is 5.21. The lowest BCUT2D eigenvalue weighted by Crippen LogP contribution is -2.17. The average molecular weight is 294 g/mol. The summed E-state index contributed by atoms with van der Waals surface area (Å²) in [7, 11) is 0. The number of nitrogens with zero attached hydrogens (tertiary/aromatic N) is 1. The van der Waals surface area contributed by atoms with Gasteiger partial charge in [-0.2, -0.15) is 0 Å². The first-order valence-electron chi connectivity index (χ1n) is 5.65. The highest BCUT2D eigenvalue weighted by atomic mass is 79.9. The highest BCUT2D eigenvalue weighted by Crippen LogP contribution is 2.28. The van der Waals surface area contributed by atoms with Crippen molar-refractivity contribution < 1.29 is 9.52 Å². The Morgan fingerprint density at radius 2 is 2.06 bits per heavy atom. The fourth-order valence-corrected chi connectivity index (χ4v) is 2.34. The Kier molecular flexibility index (Phi) is 2.76. The van der Waals surface area contributed by atoms with Gasteiger partial charge in [-0.3, -0.25) is 0 Å². The van der Waals surface area contributed by atoms with Crippen LogP contribution in [0.1, 0.15) is 17.9 Å². The highest BCUT2D eigenvalue weighted by Gasteiger charge is 2.22. The number of aliphatic hydroxyl groups excluding tert-OH is 1. The molecule has 0 saturated heterocycles. The van der Waals surface area contributed by atoms with Crippen LogP contribution in [0.5, 0.6) is 0 Å². The van der Waals surface area contributed by atoms with Gasteiger partial charge in [-0.15, -0.1) is 0 Å². The lowest BCUT2D eigenvalue weighted by Gasteiger charge is -2.13. The minimum atomic E-state index is -0.284. The summed E-state index contributed by atoms with van der Waals surface area (Å²) in [5, 5.41) is 9.58. The minimum absolute atomic E-state index is 0.284. The van der Waals surface area contributed by atoms with Gasteiger partial charge in [-0.1, -0.05) is 15.9 Å². The predicted octanol–water partition coefficient (Wildman–Crippen LogP) is 2.95. The molecule has 1 aliphatic carbocycles. The van der Waals surface area contributed by atoms with E-state index in [1.54, 1.807) is 0 Å². The summed E-state index contributed by atoms with van der Waals surface area (Å²) in [4.78, 5) is 4.49. The maximum atomic E-state index is 9.58. The van der Waals surface area contributed by atoms with Crippen LogP contribution in [0.15, 0.2) is 33.2 Å². The van der Waals surface area contributed by atoms with Gasteiger partial charge >= 0.3 is 0 Å². The van der Waals surface area contributed by atoms with Crippen LogP contribution in [0.25, 0.3) is 11.5 Å². The van der Waals surface area contributed by atoms with E-state index in [0.29, 0.717) is 12.3 Å². The van der Waals surface area contributed by atoms with Gasteiger partial charge in [0, 0.05) is 16.5 Å². The van der Waals surface area contributed by atoms with Crippen molar-refractivity contribution in [3.05, 3.63) is 40.2 Å². The number of benzene rings is 1. The standard InChI is InChI=1S/C13H12BrNO2/c14-9-3-1-8(2-4-9)13-15-11-6-5-10(16)7-12(11)17-13/h1-4,10,16H,5-7H2. The van der Waals surface area contributed by atoms with Crippen molar-refractivity contribution in [1.82, 2.24) is 4.98 Å². The van der Waals surface area contributed by atoms with Crippen LogP contribution in [0.4, 0.5) is 0 Å². The summed E-state index contributed by atoms with van der Waals surface area (Å²) in [6.07, 6.45) is 1.88. The molecule has 2 aromatic rings. The monoisotopic (exact) mass is 293 g/mol. The number of halogens is 1. The molecular weight excluding hydrogens is 282 g/mol. The highest BCUT2D eigenvalue weighted by molar-refractivity contribution is 9.10. The number of hydrogen-bond acceptors (Lipinski definition) is 3. The van der Waals surface area contributed by atoms with Gasteiger partial charge in [0.05, 0.1) is 11.8 Å². The molecule has 1 atom stereocenters. The molecule has 1 aromatic heterocycles. The quantitative estimate of drug-likeness (QED) is 0.879. The van der Waals surface area contributed by atoms with Crippen LogP contribution in [0.3, 0.4) is 0 Å². The molecule has 0 radical (unpaired) electrons. The van der Waals surface area contributed by atoms with E-state index >= 15 is 0 Å². The second kappa shape index (κ2) is 4.27. The lowest BCUT2D eigenvalue weighted by molar-refractivity contribution is 0.150.